The summed E-state index contributed by atoms with van der Waals surface area (Å²) in [7, 11) is 0. The fraction of sp³-hybridized carbons (Fsp3) is 0.200. The zero-order valence-corrected chi connectivity index (χ0v) is 16.1. The van der Waals surface area contributed by atoms with Crippen LogP contribution in [0.25, 0.3) is 21.9 Å². The Morgan fingerprint density at radius 2 is 2.00 bits per heavy atom. The zero-order valence-electron chi connectivity index (χ0n) is 15.3. The van der Waals surface area contributed by atoms with Crippen LogP contribution in [0.2, 0.25) is 0 Å². The fourth-order valence-electron chi connectivity index (χ4n) is 3.20. The van der Waals surface area contributed by atoms with Crippen molar-refractivity contribution < 1.29 is 4.79 Å². The number of imidazole rings is 1. The van der Waals surface area contributed by atoms with Crippen LogP contribution in [0.5, 0.6) is 0 Å². The second kappa shape index (κ2) is 7.40. The lowest BCUT2D eigenvalue weighted by Crippen LogP contribution is -2.26. The maximum Gasteiger partial charge on any atom is 0.262 e. The molecule has 2 heterocycles. The first kappa shape index (κ1) is 18.1. The van der Waals surface area contributed by atoms with Crippen molar-refractivity contribution in [2.75, 3.05) is 6.54 Å². The number of benzene rings is 2. The average Bonchev–Trinajstić information content (AvgIpc) is 3.10. The van der Waals surface area contributed by atoms with Gasteiger partial charge < -0.3 is 15.3 Å². The van der Waals surface area contributed by atoms with E-state index in [4.69, 9.17) is 12.2 Å². The number of carbonyl (C=O) groups is 1. The minimum atomic E-state index is -0.211. The predicted molar refractivity (Wildman–Crippen MR) is 111 cm³/mol. The highest BCUT2D eigenvalue weighted by molar-refractivity contribution is 7.71. The van der Waals surface area contributed by atoms with E-state index in [0.717, 1.165) is 16.9 Å². The summed E-state index contributed by atoms with van der Waals surface area (Å²) >= 11 is 5.22. The minimum absolute atomic E-state index is 0.155. The van der Waals surface area contributed by atoms with Crippen LogP contribution in [0.3, 0.4) is 0 Å². The maximum absolute atomic E-state index is 12.5. The molecule has 0 fully saturated rings. The second-order valence-electron chi connectivity index (χ2n) is 6.45. The standard InChI is InChI=1S/C20H19N5O2S/c1-2-25-19(27)13-8-7-12(11-16(13)24-20(25)28)18(26)21-10-9-17-22-14-5-3-4-6-15(14)23-17/h3-8,11H,2,9-10H2,1H3,(H,21,26)(H,22,23)(H,24,28). The van der Waals surface area contributed by atoms with Gasteiger partial charge in [0, 0.05) is 25.1 Å². The molecule has 0 unspecified atom stereocenters. The molecule has 0 spiro atoms. The summed E-state index contributed by atoms with van der Waals surface area (Å²) in [5, 5.41) is 3.39. The van der Waals surface area contributed by atoms with Crippen LogP contribution in [0.15, 0.2) is 47.3 Å². The first-order valence-corrected chi connectivity index (χ1v) is 9.46. The fourth-order valence-corrected chi connectivity index (χ4v) is 3.53. The molecule has 0 saturated carbocycles. The molecule has 2 aromatic heterocycles. The van der Waals surface area contributed by atoms with E-state index >= 15 is 0 Å². The molecular weight excluding hydrogens is 374 g/mol. The van der Waals surface area contributed by atoms with Crippen LogP contribution in [0.1, 0.15) is 23.1 Å². The first-order chi connectivity index (χ1) is 13.6. The van der Waals surface area contributed by atoms with Crippen molar-refractivity contribution in [2.24, 2.45) is 0 Å². The molecule has 28 heavy (non-hydrogen) atoms. The van der Waals surface area contributed by atoms with Gasteiger partial charge in [0.1, 0.15) is 5.82 Å². The monoisotopic (exact) mass is 393 g/mol. The predicted octanol–water partition coefficient (Wildman–Crippen LogP) is 2.93. The van der Waals surface area contributed by atoms with Crippen LogP contribution in [-0.2, 0) is 13.0 Å². The molecule has 0 aliphatic heterocycles. The second-order valence-corrected chi connectivity index (χ2v) is 6.83. The highest BCUT2D eigenvalue weighted by atomic mass is 32.1. The van der Waals surface area contributed by atoms with Gasteiger partial charge in [-0.25, -0.2) is 4.98 Å². The molecule has 7 nitrogen and oxygen atoms in total. The lowest BCUT2D eigenvalue weighted by molar-refractivity contribution is 0.0954. The van der Waals surface area contributed by atoms with Gasteiger partial charge in [0.2, 0.25) is 0 Å². The average molecular weight is 393 g/mol. The van der Waals surface area contributed by atoms with Gasteiger partial charge in [0.25, 0.3) is 11.5 Å². The quantitative estimate of drug-likeness (QED) is 0.454. The number of nitrogens with one attached hydrogen (secondary N) is 3. The molecule has 0 radical (unpaired) electrons. The summed E-state index contributed by atoms with van der Waals surface area (Å²) in [4.78, 5) is 35.7. The van der Waals surface area contributed by atoms with Gasteiger partial charge in [-0.3, -0.25) is 14.2 Å². The van der Waals surface area contributed by atoms with Crippen LogP contribution < -0.4 is 10.9 Å². The summed E-state index contributed by atoms with van der Waals surface area (Å²) in [5.41, 5.74) is 2.76. The first-order valence-electron chi connectivity index (χ1n) is 9.05. The molecule has 1 amide bonds. The molecule has 0 atom stereocenters. The van der Waals surface area contributed by atoms with E-state index < -0.39 is 0 Å². The van der Waals surface area contributed by atoms with Crippen molar-refractivity contribution in [3.63, 3.8) is 0 Å². The summed E-state index contributed by atoms with van der Waals surface area (Å²) in [6.45, 7) is 2.80. The summed E-state index contributed by atoms with van der Waals surface area (Å²) in [6.07, 6.45) is 0.595. The highest BCUT2D eigenvalue weighted by Gasteiger charge is 2.10. The molecule has 2 aromatic carbocycles. The van der Waals surface area contributed by atoms with E-state index in [9.17, 15) is 9.59 Å². The number of hydrogen-bond acceptors (Lipinski definition) is 4. The van der Waals surface area contributed by atoms with E-state index in [1.165, 1.54) is 4.57 Å². The molecule has 0 aliphatic carbocycles. The van der Waals surface area contributed by atoms with Crippen LogP contribution in [0.4, 0.5) is 0 Å². The Balaban J connectivity index is 1.49. The minimum Gasteiger partial charge on any atom is -0.352 e. The zero-order chi connectivity index (χ0) is 19.7. The van der Waals surface area contributed by atoms with E-state index in [0.29, 0.717) is 40.7 Å². The Labute approximate surface area is 165 Å². The Kier molecular flexibility index (Phi) is 4.79. The summed E-state index contributed by atoms with van der Waals surface area (Å²) in [6, 6.07) is 12.8. The molecule has 142 valence electrons. The number of aromatic nitrogens is 4. The molecule has 4 aromatic rings. The summed E-state index contributed by atoms with van der Waals surface area (Å²) < 4.78 is 1.84. The van der Waals surface area contributed by atoms with Crippen molar-refractivity contribution in [1.29, 1.82) is 0 Å². The Hall–Kier alpha value is -3.26. The molecule has 8 heteroatoms. The topological polar surface area (TPSA) is 95.6 Å². The number of aromatic amines is 2. The number of hydrogen-bond donors (Lipinski definition) is 3. The van der Waals surface area contributed by atoms with E-state index in [-0.39, 0.29) is 11.5 Å². The number of para-hydroxylation sites is 2. The van der Waals surface area contributed by atoms with E-state index in [2.05, 4.69) is 20.3 Å². The largest absolute Gasteiger partial charge is 0.352 e. The van der Waals surface area contributed by atoms with Crippen LogP contribution in [-0.4, -0.2) is 32.0 Å². The number of rotatable bonds is 5. The van der Waals surface area contributed by atoms with Crippen molar-refractivity contribution in [1.82, 2.24) is 24.8 Å². The molecule has 0 aliphatic rings. The van der Waals surface area contributed by atoms with Crippen molar-refractivity contribution >= 4 is 40.1 Å². The van der Waals surface area contributed by atoms with Gasteiger partial charge in [0.15, 0.2) is 4.77 Å². The van der Waals surface area contributed by atoms with Gasteiger partial charge in [-0.15, -0.1) is 0 Å². The van der Waals surface area contributed by atoms with E-state index in [1.807, 2.05) is 31.2 Å². The van der Waals surface area contributed by atoms with Crippen LogP contribution >= 0.6 is 12.2 Å². The number of nitrogens with zero attached hydrogens (tertiary/aromatic N) is 2. The Morgan fingerprint density at radius 3 is 2.79 bits per heavy atom. The normalized spacial score (nSPS) is 11.2. The Bertz CT molecular complexity index is 1270. The molecule has 4 rings (SSSR count). The Morgan fingerprint density at radius 1 is 1.18 bits per heavy atom. The lowest BCUT2D eigenvalue weighted by Gasteiger charge is -2.08. The number of amides is 1. The van der Waals surface area contributed by atoms with Gasteiger partial charge in [-0.1, -0.05) is 12.1 Å². The smallest absolute Gasteiger partial charge is 0.262 e. The molecular formula is C20H19N5O2S. The SMILES string of the molecule is CCn1c(=S)[nH]c2cc(C(=O)NCCc3nc4ccccc4[nH]3)ccc2c1=O. The van der Waals surface area contributed by atoms with E-state index in [1.54, 1.807) is 18.2 Å². The third-order valence-corrected chi connectivity index (χ3v) is 4.97. The van der Waals surface area contributed by atoms with Gasteiger partial charge in [-0.2, -0.15) is 0 Å². The third-order valence-electron chi connectivity index (χ3n) is 4.65. The van der Waals surface area contributed by atoms with Gasteiger partial charge in [-0.05, 0) is 49.5 Å². The van der Waals surface area contributed by atoms with Gasteiger partial charge in [0.05, 0.1) is 21.9 Å². The molecule has 0 bridgehead atoms. The lowest BCUT2D eigenvalue weighted by atomic mass is 10.1. The maximum atomic E-state index is 12.5. The molecule has 3 N–H and O–H groups in total. The number of carbonyl (C=O) groups excluding carboxylic acids is 1. The highest BCUT2D eigenvalue weighted by Crippen LogP contribution is 2.12. The van der Waals surface area contributed by atoms with Crippen molar-refractivity contribution in [2.45, 2.75) is 19.9 Å². The van der Waals surface area contributed by atoms with Gasteiger partial charge >= 0.3 is 0 Å². The van der Waals surface area contributed by atoms with Crippen molar-refractivity contribution in [3.05, 3.63) is 69.0 Å². The van der Waals surface area contributed by atoms with Crippen LogP contribution in [0, 0.1) is 4.77 Å². The van der Waals surface area contributed by atoms with Crippen molar-refractivity contribution in [3.8, 4) is 0 Å². The summed E-state index contributed by atoms with van der Waals surface area (Å²) in [5.74, 6) is 0.612. The molecule has 0 saturated heterocycles. The third kappa shape index (κ3) is 3.34. The number of H-pyrrole nitrogens is 2. The number of fused-ring (bicyclic) bond motifs is 2.